The molecule has 2 aromatic rings. The summed E-state index contributed by atoms with van der Waals surface area (Å²) in [5.74, 6) is 1.56. The van der Waals surface area contributed by atoms with Crippen molar-refractivity contribution in [2.75, 3.05) is 0 Å². The third-order valence-corrected chi connectivity index (χ3v) is 2.70. The average molecular weight is 268 g/mol. The highest BCUT2D eigenvalue weighted by atomic mass is 35.5. The van der Waals surface area contributed by atoms with Crippen LogP contribution in [0.15, 0.2) is 22.7 Å². The minimum Gasteiger partial charge on any atom is -0.482 e. The fraction of sp³-hybridized carbons (Fsp3) is 0.333. The summed E-state index contributed by atoms with van der Waals surface area (Å²) in [7, 11) is 0. The van der Waals surface area contributed by atoms with Crippen LogP contribution in [0.2, 0.25) is 5.02 Å². The largest absolute Gasteiger partial charge is 0.482 e. The SMILES string of the molecule is Cc1noc(COc2ccc([C@H](C)N)cc2Cl)n1. The smallest absolute Gasteiger partial charge is 0.264 e. The molecule has 96 valence electrons. The molecule has 6 heteroatoms. The summed E-state index contributed by atoms with van der Waals surface area (Å²) in [6.07, 6.45) is 0. The van der Waals surface area contributed by atoms with Gasteiger partial charge in [-0.2, -0.15) is 4.98 Å². The van der Waals surface area contributed by atoms with Crippen LogP contribution in [-0.4, -0.2) is 10.1 Å². The van der Waals surface area contributed by atoms with Crippen molar-refractivity contribution < 1.29 is 9.26 Å². The third-order valence-electron chi connectivity index (χ3n) is 2.40. The van der Waals surface area contributed by atoms with Gasteiger partial charge in [-0.15, -0.1) is 0 Å². The molecule has 2 N–H and O–H groups in total. The first-order valence-corrected chi connectivity index (χ1v) is 5.91. The number of halogens is 1. The van der Waals surface area contributed by atoms with E-state index in [0.717, 1.165) is 5.56 Å². The molecule has 1 aromatic heterocycles. The summed E-state index contributed by atoms with van der Waals surface area (Å²) < 4.78 is 10.4. The molecule has 0 amide bonds. The monoisotopic (exact) mass is 267 g/mol. The van der Waals surface area contributed by atoms with Crippen LogP contribution >= 0.6 is 11.6 Å². The van der Waals surface area contributed by atoms with Crippen molar-refractivity contribution in [3.05, 3.63) is 40.5 Å². The van der Waals surface area contributed by atoms with Crippen LogP contribution in [0.4, 0.5) is 0 Å². The standard InChI is InChI=1S/C12H14ClN3O2/c1-7(14)9-3-4-11(10(13)5-9)17-6-12-15-8(2)16-18-12/h3-5,7H,6,14H2,1-2H3/t7-/m0/s1. The molecule has 1 aromatic carbocycles. The van der Waals surface area contributed by atoms with Crippen molar-refractivity contribution in [1.29, 1.82) is 0 Å². The predicted octanol–water partition coefficient (Wildman–Crippen LogP) is 2.63. The van der Waals surface area contributed by atoms with Gasteiger partial charge in [0.05, 0.1) is 5.02 Å². The summed E-state index contributed by atoms with van der Waals surface area (Å²) in [6, 6.07) is 5.39. The van der Waals surface area contributed by atoms with Crippen molar-refractivity contribution in [1.82, 2.24) is 10.1 Å². The van der Waals surface area contributed by atoms with E-state index in [4.69, 9.17) is 26.6 Å². The van der Waals surface area contributed by atoms with E-state index < -0.39 is 0 Å². The predicted molar refractivity (Wildman–Crippen MR) is 67.4 cm³/mol. The third kappa shape index (κ3) is 3.00. The van der Waals surface area contributed by atoms with Crippen LogP contribution < -0.4 is 10.5 Å². The second-order valence-electron chi connectivity index (χ2n) is 4.00. The van der Waals surface area contributed by atoms with Crippen molar-refractivity contribution in [2.45, 2.75) is 26.5 Å². The van der Waals surface area contributed by atoms with Crippen molar-refractivity contribution in [3.63, 3.8) is 0 Å². The Morgan fingerprint density at radius 1 is 1.50 bits per heavy atom. The lowest BCUT2D eigenvalue weighted by molar-refractivity contribution is 0.242. The number of nitrogens with zero attached hydrogens (tertiary/aromatic N) is 2. The summed E-state index contributed by atoms with van der Waals surface area (Å²) in [4.78, 5) is 4.04. The van der Waals surface area contributed by atoms with Crippen LogP contribution in [0, 0.1) is 6.92 Å². The number of rotatable bonds is 4. The molecule has 1 atom stereocenters. The highest BCUT2D eigenvalue weighted by molar-refractivity contribution is 6.32. The van der Waals surface area contributed by atoms with Crippen molar-refractivity contribution in [2.24, 2.45) is 5.73 Å². The Morgan fingerprint density at radius 3 is 2.83 bits per heavy atom. The van der Waals surface area contributed by atoms with E-state index in [2.05, 4.69) is 10.1 Å². The summed E-state index contributed by atoms with van der Waals surface area (Å²) in [5, 5.41) is 4.19. The zero-order valence-corrected chi connectivity index (χ0v) is 10.9. The van der Waals surface area contributed by atoms with Gasteiger partial charge in [0.1, 0.15) is 5.75 Å². The highest BCUT2D eigenvalue weighted by Gasteiger charge is 2.08. The summed E-state index contributed by atoms with van der Waals surface area (Å²) in [5.41, 5.74) is 6.73. The molecule has 5 nitrogen and oxygen atoms in total. The molecule has 0 bridgehead atoms. The van der Waals surface area contributed by atoms with Gasteiger partial charge in [0.15, 0.2) is 12.4 Å². The van der Waals surface area contributed by atoms with E-state index >= 15 is 0 Å². The number of nitrogens with two attached hydrogens (primary N) is 1. The van der Waals surface area contributed by atoms with E-state index in [9.17, 15) is 0 Å². The molecule has 0 radical (unpaired) electrons. The Hall–Kier alpha value is -1.59. The Labute approximate surface area is 110 Å². The lowest BCUT2D eigenvalue weighted by atomic mass is 10.1. The summed E-state index contributed by atoms with van der Waals surface area (Å²) in [6.45, 7) is 3.84. The molecule has 0 saturated carbocycles. The number of aromatic nitrogens is 2. The van der Waals surface area contributed by atoms with E-state index in [1.165, 1.54) is 0 Å². The first-order valence-electron chi connectivity index (χ1n) is 5.53. The number of aryl methyl sites for hydroxylation is 1. The molecule has 18 heavy (non-hydrogen) atoms. The molecule has 0 fully saturated rings. The van der Waals surface area contributed by atoms with Gasteiger partial charge in [-0.05, 0) is 31.5 Å². The van der Waals surface area contributed by atoms with Gasteiger partial charge in [0.25, 0.3) is 5.89 Å². The van der Waals surface area contributed by atoms with Gasteiger partial charge in [0, 0.05) is 6.04 Å². The average Bonchev–Trinajstić information content (AvgIpc) is 2.73. The van der Waals surface area contributed by atoms with Crippen molar-refractivity contribution in [3.8, 4) is 5.75 Å². The number of ether oxygens (including phenoxy) is 1. The maximum Gasteiger partial charge on any atom is 0.264 e. The molecule has 0 spiro atoms. The lowest BCUT2D eigenvalue weighted by Gasteiger charge is -2.09. The number of benzene rings is 1. The van der Waals surface area contributed by atoms with Crippen LogP contribution in [0.3, 0.4) is 0 Å². The Balaban J connectivity index is 2.05. The molecule has 0 saturated heterocycles. The van der Waals surface area contributed by atoms with Crippen LogP contribution in [0.5, 0.6) is 5.75 Å². The zero-order chi connectivity index (χ0) is 13.1. The van der Waals surface area contributed by atoms with Gasteiger partial charge < -0.3 is 15.0 Å². The van der Waals surface area contributed by atoms with Crippen molar-refractivity contribution >= 4 is 11.6 Å². The minimum atomic E-state index is -0.0601. The molecule has 1 heterocycles. The lowest BCUT2D eigenvalue weighted by Crippen LogP contribution is -2.05. The normalized spacial score (nSPS) is 12.4. The Bertz CT molecular complexity index is 540. The molecule has 0 unspecified atom stereocenters. The van der Waals surface area contributed by atoms with Crippen LogP contribution in [0.1, 0.15) is 30.2 Å². The Kier molecular flexibility index (Phi) is 3.84. The Morgan fingerprint density at radius 2 is 2.28 bits per heavy atom. The van der Waals surface area contributed by atoms with Gasteiger partial charge in [-0.25, -0.2) is 0 Å². The van der Waals surface area contributed by atoms with E-state index in [1.54, 1.807) is 19.1 Å². The highest BCUT2D eigenvalue weighted by Crippen LogP contribution is 2.27. The summed E-state index contributed by atoms with van der Waals surface area (Å²) >= 11 is 6.10. The number of hydrogen-bond donors (Lipinski definition) is 1. The van der Waals surface area contributed by atoms with Gasteiger partial charge in [-0.1, -0.05) is 22.8 Å². The molecule has 0 aliphatic carbocycles. The van der Waals surface area contributed by atoms with E-state index in [-0.39, 0.29) is 12.6 Å². The van der Waals surface area contributed by atoms with E-state index in [0.29, 0.717) is 22.5 Å². The zero-order valence-electron chi connectivity index (χ0n) is 10.2. The second kappa shape index (κ2) is 5.37. The fourth-order valence-corrected chi connectivity index (χ4v) is 1.70. The first-order chi connectivity index (χ1) is 8.56. The maximum atomic E-state index is 6.10. The quantitative estimate of drug-likeness (QED) is 0.922. The molecular weight excluding hydrogens is 254 g/mol. The molecule has 2 rings (SSSR count). The molecular formula is C12H14ClN3O2. The second-order valence-corrected chi connectivity index (χ2v) is 4.41. The molecule has 0 aliphatic rings. The topological polar surface area (TPSA) is 74.2 Å². The first kappa shape index (κ1) is 12.9. The maximum absolute atomic E-state index is 6.10. The van der Waals surface area contributed by atoms with E-state index in [1.807, 2.05) is 13.0 Å². The van der Waals surface area contributed by atoms with Gasteiger partial charge in [-0.3, -0.25) is 0 Å². The number of hydrogen-bond acceptors (Lipinski definition) is 5. The molecule has 0 aliphatic heterocycles. The van der Waals surface area contributed by atoms with Crippen LogP contribution in [0.25, 0.3) is 0 Å². The van der Waals surface area contributed by atoms with Gasteiger partial charge in [0.2, 0.25) is 0 Å². The minimum absolute atomic E-state index is 0.0601. The van der Waals surface area contributed by atoms with Gasteiger partial charge >= 0.3 is 0 Å². The fourth-order valence-electron chi connectivity index (χ4n) is 1.46. The van der Waals surface area contributed by atoms with Crippen LogP contribution in [-0.2, 0) is 6.61 Å².